The van der Waals surface area contributed by atoms with Gasteiger partial charge in [-0.1, -0.05) is 31.9 Å². The number of allylic oxidation sites excluding steroid dienone is 2. The van der Waals surface area contributed by atoms with Gasteiger partial charge >= 0.3 is 0 Å². The van der Waals surface area contributed by atoms with Crippen LogP contribution in [-0.4, -0.2) is 12.1 Å². The van der Waals surface area contributed by atoms with Crippen molar-refractivity contribution < 1.29 is 0 Å². The molecule has 2 unspecified atom stereocenters. The fourth-order valence-electron chi connectivity index (χ4n) is 0.725. The standard InChI is InChI=1S/C6H8Br2N2/c7-3-1-2-4(8)6(10)5(3)9/h1-2,5-6H,9-10H2. The molecule has 0 radical (unpaired) electrons. The van der Waals surface area contributed by atoms with Crippen molar-refractivity contribution in [2.45, 2.75) is 12.1 Å². The van der Waals surface area contributed by atoms with E-state index in [0.717, 1.165) is 8.96 Å². The molecule has 4 N–H and O–H groups in total. The molecule has 1 aliphatic rings. The highest BCUT2D eigenvalue weighted by molar-refractivity contribution is 9.12. The summed E-state index contributed by atoms with van der Waals surface area (Å²) >= 11 is 6.62. The molecule has 2 nitrogen and oxygen atoms in total. The number of halogens is 2. The second-order valence-electron chi connectivity index (χ2n) is 2.15. The highest BCUT2D eigenvalue weighted by Gasteiger charge is 2.20. The van der Waals surface area contributed by atoms with E-state index in [9.17, 15) is 0 Å². The molecule has 0 heterocycles. The van der Waals surface area contributed by atoms with Crippen LogP contribution in [0, 0.1) is 0 Å². The molecule has 1 aliphatic carbocycles. The first-order valence-corrected chi connectivity index (χ1v) is 4.45. The monoisotopic (exact) mass is 266 g/mol. The lowest BCUT2D eigenvalue weighted by atomic mass is 10.1. The molecular weight excluding hydrogens is 260 g/mol. The third kappa shape index (κ3) is 1.50. The third-order valence-electron chi connectivity index (χ3n) is 1.43. The van der Waals surface area contributed by atoms with Gasteiger partial charge in [0.25, 0.3) is 0 Å². The topological polar surface area (TPSA) is 52.0 Å². The Morgan fingerprint density at radius 2 is 1.30 bits per heavy atom. The molecule has 0 amide bonds. The summed E-state index contributed by atoms with van der Waals surface area (Å²) in [5.41, 5.74) is 11.4. The zero-order valence-electron chi connectivity index (χ0n) is 5.22. The summed E-state index contributed by atoms with van der Waals surface area (Å²) < 4.78 is 1.89. The van der Waals surface area contributed by atoms with Crippen molar-refractivity contribution in [1.82, 2.24) is 0 Å². The Hall–Kier alpha value is 0.360. The Bertz CT molecular complexity index is 176. The maximum Gasteiger partial charge on any atom is 0.0562 e. The average Bonchev–Trinajstić information content (AvgIpc) is 1.93. The van der Waals surface area contributed by atoms with Crippen molar-refractivity contribution in [1.29, 1.82) is 0 Å². The van der Waals surface area contributed by atoms with Gasteiger partial charge in [0.15, 0.2) is 0 Å². The number of rotatable bonds is 0. The molecule has 0 aromatic heterocycles. The van der Waals surface area contributed by atoms with Gasteiger partial charge < -0.3 is 11.5 Å². The molecule has 2 atom stereocenters. The van der Waals surface area contributed by atoms with Gasteiger partial charge in [-0.2, -0.15) is 0 Å². The number of nitrogens with two attached hydrogens (primary N) is 2. The maximum atomic E-state index is 5.70. The van der Waals surface area contributed by atoms with Crippen LogP contribution in [0.1, 0.15) is 0 Å². The van der Waals surface area contributed by atoms with Crippen LogP contribution in [0.5, 0.6) is 0 Å². The van der Waals surface area contributed by atoms with Gasteiger partial charge in [0.05, 0.1) is 12.1 Å². The highest BCUT2D eigenvalue weighted by Crippen LogP contribution is 2.24. The predicted octanol–water partition coefficient (Wildman–Crippen LogP) is 1.21. The predicted molar refractivity (Wildman–Crippen MR) is 50.0 cm³/mol. The van der Waals surface area contributed by atoms with E-state index < -0.39 is 0 Å². The molecule has 0 aliphatic heterocycles. The van der Waals surface area contributed by atoms with E-state index in [2.05, 4.69) is 31.9 Å². The van der Waals surface area contributed by atoms with Crippen molar-refractivity contribution in [2.75, 3.05) is 0 Å². The summed E-state index contributed by atoms with van der Waals surface area (Å²) in [5.74, 6) is 0. The van der Waals surface area contributed by atoms with Crippen molar-refractivity contribution in [3.63, 3.8) is 0 Å². The SMILES string of the molecule is NC1C(Br)=CC=C(Br)C1N. The zero-order chi connectivity index (χ0) is 7.72. The Kier molecular flexibility index (Phi) is 2.68. The lowest BCUT2D eigenvalue weighted by Gasteiger charge is -2.22. The fraction of sp³-hybridized carbons (Fsp3) is 0.333. The van der Waals surface area contributed by atoms with Crippen LogP contribution in [0.4, 0.5) is 0 Å². The molecule has 1 rings (SSSR count). The van der Waals surface area contributed by atoms with E-state index in [-0.39, 0.29) is 12.1 Å². The minimum Gasteiger partial charge on any atom is -0.322 e. The van der Waals surface area contributed by atoms with Gasteiger partial charge in [0.2, 0.25) is 0 Å². The summed E-state index contributed by atoms with van der Waals surface area (Å²) in [5, 5.41) is 0. The molecule has 10 heavy (non-hydrogen) atoms. The van der Waals surface area contributed by atoms with Gasteiger partial charge in [0, 0.05) is 8.96 Å². The van der Waals surface area contributed by atoms with E-state index in [1.807, 2.05) is 12.2 Å². The lowest BCUT2D eigenvalue weighted by molar-refractivity contribution is 0.687. The average molecular weight is 268 g/mol. The first-order valence-electron chi connectivity index (χ1n) is 2.87. The van der Waals surface area contributed by atoms with Crippen LogP contribution in [0.15, 0.2) is 21.1 Å². The van der Waals surface area contributed by atoms with E-state index in [1.54, 1.807) is 0 Å². The minimum atomic E-state index is -0.112. The Balaban J connectivity index is 2.86. The van der Waals surface area contributed by atoms with Crippen LogP contribution in [0.2, 0.25) is 0 Å². The molecule has 0 bridgehead atoms. The summed E-state index contributed by atoms with van der Waals surface area (Å²) in [6.45, 7) is 0. The van der Waals surface area contributed by atoms with Crippen LogP contribution < -0.4 is 11.5 Å². The number of hydrogen-bond acceptors (Lipinski definition) is 2. The van der Waals surface area contributed by atoms with E-state index in [0.29, 0.717) is 0 Å². The maximum absolute atomic E-state index is 5.70. The van der Waals surface area contributed by atoms with Crippen molar-refractivity contribution in [2.24, 2.45) is 11.5 Å². The molecule has 0 aromatic rings. The summed E-state index contributed by atoms with van der Waals surface area (Å²) in [4.78, 5) is 0. The molecule has 0 spiro atoms. The summed E-state index contributed by atoms with van der Waals surface area (Å²) in [6, 6.07) is -0.223. The molecule has 0 saturated carbocycles. The Labute approximate surface area is 76.6 Å². The minimum absolute atomic E-state index is 0.112. The van der Waals surface area contributed by atoms with Crippen LogP contribution in [0.25, 0.3) is 0 Å². The van der Waals surface area contributed by atoms with E-state index in [1.165, 1.54) is 0 Å². The smallest absolute Gasteiger partial charge is 0.0562 e. The Morgan fingerprint density at radius 3 is 1.60 bits per heavy atom. The van der Waals surface area contributed by atoms with Crippen molar-refractivity contribution >= 4 is 31.9 Å². The van der Waals surface area contributed by atoms with Crippen molar-refractivity contribution in [3.8, 4) is 0 Å². The normalized spacial score (nSPS) is 33.2. The molecular formula is C6H8Br2N2. The second-order valence-corrected chi connectivity index (χ2v) is 3.99. The largest absolute Gasteiger partial charge is 0.322 e. The lowest BCUT2D eigenvalue weighted by Crippen LogP contribution is -2.43. The fourth-order valence-corrected chi connectivity index (χ4v) is 1.56. The van der Waals surface area contributed by atoms with Gasteiger partial charge in [-0.25, -0.2) is 0 Å². The van der Waals surface area contributed by atoms with Crippen LogP contribution in [-0.2, 0) is 0 Å². The van der Waals surface area contributed by atoms with E-state index >= 15 is 0 Å². The van der Waals surface area contributed by atoms with Gasteiger partial charge in [-0.3, -0.25) is 0 Å². The van der Waals surface area contributed by atoms with Gasteiger partial charge in [-0.15, -0.1) is 0 Å². The Morgan fingerprint density at radius 1 is 1.00 bits per heavy atom. The highest BCUT2D eigenvalue weighted by atomic mass is 79.9. The third-order valence-corrected chi connectivity index (χ3v) is 3.01. The van der Waals surface area contributed by atoms with Crippen molar-refractivity contribution in [3.05, 3.63) is 21.1 Å². The van der Waals surface area contributed by atoms with E-state index in [4.69, 9.17) is 11.5 Å². The summed E-state index contributed by atoms with van der Waals surface area (Å²) in [6.07, 6.45) is 3.80. The molecule has 0 fully saturated rings. The van der Waals surface area contributed by atoms with Gasteiger partial charge in [0.1, 0.15) is 0 Å². The summed E-state index contributed by atoms with van der Waals surface area (Å²) in [7, 11) is 0. The number of hydrogen-bond donors (Lipinski definition) is 2. The molecule has 0 saturated heterocycles. The first-order chi connectivity index (χ1) is 4.63. The zero-order valence-corrected chi connectivity index (χ0v) is 8.39. The van der Waals surface area contributed by atoms with Crippen LogP contribution in [0.3, 0.4) is 0 Å². The quantitative estimate of drug-likeness (QED) is 0.693. The first kappa shape index (κ1) is 8.46. The van der Waals surface area contributed by atoms with Gasteiger partial charge in [-0.05, 0) is 12.2 Å². The molecule has 56 valence electrons. The van der Waals surface area contributed by atoms with Crippen LogP contribution >= 0.6 is 31.9 Å². The molecule has 0 aromatic carbocycles. The second kappa shape index (κ2) is 3.17. The molecule has 4 heteroatoms.